The molecule has 172 valence electrons. The summed E-state index contributed by atoms with van der Waals surface area (Å²) in [6, 6.07) is 21.4. The first-order chi connectivity index (χ1) is 16.2. The number of hydrogen-bond donors (Lipinski definition) is 1. The highest BCUT2D eigenvalue weighted by Gasteiger charge is 2.33. The van der Waals surface area contributed by atoms with E-state index in [-0.39, 0.29) is 6.61 Å². The summed E-state index contributed by atoms with van der Waals surface area (Å²) >= 11 is 0. The molecule has 0 spiro atoms. The molecule has 3 aromatic rings. The highest BCUT2D eigenvalue weighted by Crippen LogP contribution is 2.47. The standard InChI is InChI=1S/C28H32N2O3/c31-25(32)19-33-18-21-13-11-20(12-14-21)17-30-28(24-9-5-2-6-10-24)26(22-7-3-1-4-8-22)27(29-30)23-15-16-23/h1-10,20-21,23H,11-19H2,(H,31,32)/t20-,21+. The Balaban J connectivity index is 1.40. The number of nitrogens with zero attached hydrogens (tertiary/aromatic N) is 2. The number of carboxylic acids is 1. The fraction of sp³-hybridized carbons (Fsp3) is 0.429. The van der Waals surface area contributed by atoms with Crippen LogP contribution in [0.4, 0.5) is 0 Å². The summed E-state index contributed by atoms with van der Waals surface area (Å²) < 4.78 is 7.64. The minimum absolute atomic E-state index is 0.195. The summed E-state index contributed by atoms with van der Waals surface area (Å²) in [6.07, 6.45) is 6.91. The number of rotatable bonds is 9. The molecule has 0 saturated heterocycles. The van der Waals surface area contributed by atoms with Gasteiger partial charge in [-0.1, -0.05) is 60.7 Å². The number of ether oxygens (including phenoxy) is 1. The van der Waals surface area contributed by atoms with Crippen LogP contribution < -0.4 is 0 Å². The van der Waals surface area contributed by atoms with Crippen molar-refractivity contribution in [1.29, 1.82) is 0 Å². The first kappa shape index (κ1) is 21.9. The zero-order valence-electron chi connectivity index (χ0n) is 19.0. The van der Waals surface area contributed by atoms with Gasteiger partial charge in [0.15, 0.2) is 0 Å². The van der Waals surface area contributed by atoms with E-state index in [9.17, 15) is 4.79 Å². The molecule has 1 aromatic heterocycles. The van der Waals surface area contributed by atoms with E-state index in [0.717, 1.165) is 32.2 Å². The van der Waals surface area contributed by atoms with Crippen molar-refractivity contribution in [3.05, 3.63) is 66.4 Å². The van der Waals surface area contributed by atoms with Crippen molar-refractivity contribution in [2.24, 2.45) is 11.8 Å². The van der Waals surface area contributed by atoms with Crippen molar-refractivity contribution in [2.75, 3.05) is 13.2 Å². The van der Waals surface area contributed by atoms with Crippen LogP contribution in [0.15, 0.2) is 60.7 Å². The van der Waals surface area contributed by atoms with E-state index in [4.69, 9.17) is 14.9 Å². The smallest absolute Gasteiger partial charge is 0.329 e. The normalized spacial score (nSPS) is 20.6. The summed E-state index contributed by atoms with van der Waals surface area (Å²) in [5, 5.41) is 14.0. The van der Waals surface area contributed by atoms with Crippen LogP contribution in [-0.4, -0.2) is 34.1 Å². The van der Waals surface area contributed by atoms with Gasteiger partial charge in [-0.25, -0.2) is 4.79 Å². The lowest BCUT2D eigenvalue weighted by Crippen LogP contribution is -2.23. The van der Waals surface area contributed by atoms with Gasteiger partial charge in [0.1, 0.15) is 6.61 Å². The van der Waals surface area contributed by atoms with Gasteiger partial charge in [0.2, 0.25) is 0 Å². The Morgan fingerprint density at radius 2 is 1.48 bits per heavy atom. The van der Waals surface area contributed by atoms with Crippen LogP contribution in [0.3, 0.4) is 0 Å². The van der Waals surface area contributed by atoms with Crippen molar-refractivity contribution in [3.63, 3.8) is 0 Å². The Morgan fingerprint density at radius 3 is 2.09 bits per heavy atom. The third kappa shape index (κ3) is 5.19. The molecule has 5 rings (SSSR count). The summed E-state index contributed by atoms with van der Waals surface area (Å²) in [5.74, 6) is 0.731. The first-order valence-corrected chi connectivity index (χ1v) is 12.2. The van der Waals surface area contributed by atoms with Crippen LogP contribution in [0.2, 0.25) is 0 Å². The Labute approximate surface area is 195 Å². The fourth-order valence-electron chi connectivity index (χ4n) is 5.17. The maximum atomic E-state index is 10.7. The number of carbonyl (C=O) groups is 1. The average Bonchev–Trinajstić information content (AvgIpc) is 3.62. The molecule has 0 bridgehead atoms. The zero-order valence-corrected chi connectivity index (χ0v) is 19.0. The van der Waals surface area contributed by atoms with E-state index in [1.54, 1.807) is 0 Å². The molecule has 2 fully saturated rings. The van der Waals surface area contributed by atoms with Crippen LogP contribution in [0.1, 0.15) is 50.1 Å². The largest absolute Gasteiger partial charge is 0.480 e. The lowest BCUT2D eigenvalue weighted by atomic mass is 9.82. The Bertz CT molecular complexity index is 1070. The van der Waals surface area contributed by atoms with E-state index < -0.39 is 5.97 Å². The predicted molar refractivity (Wildman–Crippen MR) is 129 cm³/mol. The fourth-order valence-corrected chi connectivity index (χ4v) is 5.17. The first-order valence-electron chi connectivity index (χ1n) is 12.2. The maximum Gasteiger partial charge on any atom is 0.329 e. The second kappa shape index (κ2) is 9.92. The summed E-state index contributed by atoms with van der Waals surface area (Å²) in [6.45, 7) is 1.29. The molecule has 0 amide bonds. The van der Waals surface area contributed by atoms with Crippen LogP contribution in [0.25, 0.3) is 22.4 Å². The molecular weight excluding hydrogens is 412 g/mol. The van der Waals surface area contributed by atoms with Gasteiger partial charge in [0, 0.05) is 23.6 Å². The lowest BCUT2D eigenvalue weighted by molar-refractivity contribution is -0.142. The van der Waals surface area contributed by atoms with Gasteiger partial charge in [0.05, 0.1) is 18.0 Å². The second-order valence-electron chi connectivity index (χ2n) is 9.59. The highest BCUT2D eigenvalue weighted by molar-refractivity contribution is 5.83. The summed E-state index contributed by atoms with van der Waals surface area (Å²) in [4.78, 5) is 10.7. The van der Waals surface area contributed by atoms with Crippen molar-refractivity contribution in [1.82, 2.24) is 9.78 Å². The quantitative estimate of drug-likeness (QED) is 0.439. The molecule has 0 atom stereocenters. The molecule has 1 heterocycles. The number of aromatic nitrogens is 2. The molecule has 5 nitrogen and oxygen atoms in total. The van der Waals surface area contributed by atoms with Crippen molar-refractivity contribution in [2.45, 2.75) is 51.0 Å². The number of aliphatic carboxylic acids is 1. The Kier molecular flexibility index (Phi) is 6.58. The number of hydrogen-bond acceptors (Lipinski definition) is 3. The molecular formula is C28H32N2O3. The van der Waals surface area contributed by atoms with Gasteiger partial charge >= 0.3 is 5.97 Å². The monoisotopic (exact) mass is 444 g/mol. The van der Waals surface area contributed by atoms with E-state index in [1.807, 2.05) is 0 Å². The molecule has 2 aromatic carbocycles. The maximum absolute atomic E-state index is 10.7. The number of benzene rings is 2. The van der Waals surface area contributed by atoms with Gasteiger partial charge in [-0.3, -0.25) is 4.68 Å². The van der Waals surface area contributed by atoms with E-state index in [1.165, 1.54) is 40.9 Å². The molecule has 2 saturated carbocycles. The van der Waals surface area contributed by atoms with E-state index in [0.29, 0.717) is 24.4 Å². The zero-order chi connectivity index (χ0) is 22.6. The molecule has 5 heteroatoms. The molecule has 1 N–H and O–H groups in total. The molecule has 0 unspecified atom stereocenters. The Hall–Kier alpha value is -2.92. The van der Waals surface area contributed by atoms with Gasteiger partial charge < -0.3 is 9.84 Å². The predicted octanol–water partition coefficient (Wildman–Crippen LogP) is 6.00. The van der Waals surface area contributed by atoms with Gasteiger partial charge in [-0.05, 0) is 55.9 Å². The molecule has 0 radical (unpaired) electrons. The molecule has 2 aliphatic carbocycles. The second-order valence-corrected chi connectivity index (χ2v) is 9.59. The van der Waals surface area contributed by atoms with E-state index >= 15 is 0 Å². The highest BCUT2D eigenvalue weighted by atomic mass is 16.5. The van der Waals surface area contributed by atoms with Crippen LogP contribution in [-0.2, 0) is 16.1 Å². The molecule has 33 heavy (non-hydrogen) atoms. The van der Waals surface area contributed by atoms with E-state index in [2.05, 4.69) is 65.3 Å². The third-order valence-electron chi connectivity index (χ3n) is 7.03. The SMILES string of the molecule is O=C(O)COC[C@H]1CC[C@@H](Cn2nc(C3CC3)c(-c3ccccc3)c2-c2ccccc2)CC1. The topological polar surface area (TPSA) is 64.3 Å². The number of carboxylic acid groups (broad SMARTS) is 1. The molecule has 0 aliphatic heterocycles. The van der Waals surface area contributed by atoms with Gasteiger partial charge in [-0.15, -0.1) is 0 Å². The lowest BCUT2D eigenvalue weighted by Gasteiger charge is -2.28. The minimum atomic E-state index is -0.892. The van der Waals surface area contributed by atoms with Crippen LogP contribution in [0, 0.1) is 11.8 Å². The van der Waals surface area contributed by atoms with Crippen molar-refractivity contribution >= 4 is 5.97 Å². The van der Waals surface area contributed by atoms with Crippen LogP contribution >= 0.6 is 0 Å². The van der Waals surface area contributed by atoms with Crippen molar-refractivity contribution in [3.8, 4) is 22.4 Å². The minimum Gasteiger partial charge on any atom is -0.480 e. The van der Waals surface area contributed by atoms with Gasteiger partial charge in [0.25, 0.3) is 0 Å². The van der Waals surface area contributed by atoms with Crippen molar-refractivity contribution < 1.29 is 14.6 Å². The summed E-state index contributed by atoms with van der Waals surface area (Å²) in [7, 11) is 0. The Morgan fingerprint density at radius 1 is 0.879 bits per heavy atom. The summed E-state index contributed by atoms with van der Waals surface area (Å²) in [5.41, 5.74) is 6.29. The third-order valence-corrected chi connectivity index (χ3v) is 7.03. The van der Waals surface area contributed by atoms with Gasteiger partial charge in [-0.2, -0.15) is 5.10 Å². The molecule has 2 aliphatic rings. The average molecular weight is 445 g/mol. The van der Waals surface area contributed by atoms with Crippen LogP contribution in [0.5, 0.6) is 0 Å².